The number of aliphatic hydroxyl groups is 1. The molecule has 0 saturated heterocycles. The Hall–Kier alpha value is -0.160. The molecular formula is C12H25NO3. The Morgan fingerprint density at radius 3 is 2.56 bits per heavy atom. The molecule has 16 heavy (non-hydrogen) atoms. The van der Waals surface area contributed by atoms with Crippen molar-refractivity contribution in [1.82, 2.24) is 0 Å². The van der Waals surface area contributed by atoms with Gasteiger partial charge in [0.1, 0.15) is 6.10 Å². The van der Waals surface area contributed by atoms with Crippen molar-refractivity contribution in [3.05, 3.63) is 0 Å². The number of nitrogens with two attached hydrogens (primary N) is 1. The van der Waals surface area contributed by atoms with Crippen LogP contribution in [0.3, 0.4) is 0 Å². The fourth-order valence-corrected chi connectivity index (χ4v) is 2.41. The first kappa shape index (κ1) is 13.9. The summed E-state index contributed by atoms with van der Waals surface area (Å²) in [5.74, 6) is 1.18. The molecule has 1 aliphatic rings. The largest absolute Gasteiger partial charge is 0.388 e. The summed E-state index contributed by atoms with van der Waals surface area (Å²) in [5, 5.41) is 9.43. The van der Waals surface area contributed by atoms with E-state index in [1.54, 1.807) is 7.11 Å². The Morgan fingerprint density at radius 1 is 1.25 bits per heavy atom. The highest BCUT2D eigenvalue weighted by Crippen LogP contribution is 2.29. The lowest BCUT2D eigenvalue weighted by atomic mass is 9.80. The molecule has 3 atom stereocenters. The Kier molecular flexibility index (Phi) is 6.96. The number of methoxy groups -OCH3 is 1. The van der Waals surface area contributed by atoms with E-state index < -0.39 is 6.10 Å². The van der Waals surface area contributed by atoms with Crippen molar-refractivity contribution in [3.8, 4) is 0 Å². The lowest BCUT2D eigenvalue weighted by molar-refractivity contribution is -0.0243. The van der Waals surface area contributed by atoms with Crippen LogP contribution in [-0.4, -0.2) is 44.7 Å². The summed E-state index contributed by atoms with van der Waals surface area (Å²) in [5.41, 5.74) is 5.75. The van der Waals surface area contributed by atoms with E-state index in [1.807, 2.05) is 0 Å². The molecular weight excluding hydrogens is 206 g/mol. The van der Waals surface area contributed by atoms with Crippen molar-refractivity contribution in [2.45, 2.75) is 31.8 Å². The highest BCUT2D eigenvalue weighted by molar-refractivity contribution is 4.75. The number of aliphatic hydroxyl groups excluding tert-OH is 1. The van der Waals surface area contributed by atoms with E-state index in [1.165, 1.54) is 25.7 Å². The van der Waals surface area contributed by atoms with Crippen molar-refractivity contribution in [3.63, 3.8) is 0 Å². The monoisotopic (exact) mass is 231 g/mol. The maximum Gasteiger partial charge on any atom is 0.101 e. The lowest BCUT2D eigenvalue weighted by Crippen LogP contribution is -2.31. The predicted octanol–water partition coefficient (Wildman–Crippen LogP) is 0.775. The molecule has 4 nitrogen and oxygen atoms in total. The fraction of sp³-hybridized carbons (Fsp3) is 1.00. The van der Waals surface area contributed by atoms with E-state index in [9.17, 15) is 5.11 Å². The number of hydrogen-bond donors (Lipinski definition) is 2. The van der Waals surface area contributed by atoms with E-state index in [0.29, 0.717) is 25.0 Å². The summed E-state index contributed by atoms with van der Waals surface area (Å²) in [6, 6.07) is 0. The Labute approximate surface area is 98.1 Å². The van der Waals surface area contributed by atoms with Crippen molar-refractivity contribution in [2.75, 3.05) is 33.5 Å². The molecule has 1 fully saturated rings. The molecule has 3 N–H and O–H groups in total. The second-order valence-corrected chi connectivity index (χ2v) is 4.69. The predicted molar refractivity (Wildman–Crippen MR) is 63.2 cm³/mol. The van der Waals surface area contributed by atoms with Crippen LogP contribution in [0.1, 0.15) is 25.7 Å². The highest BCUT2D eigenvalue weighted by Gasteiger charge is 2.24. The summed E-state index contributed by atoms with van der Waals surface area (Å²) < 4.78 is 10.4. The van der Waals surface area contributed by atoms with Gasteiger partial charge in [-0.15, -0.1) is 0 Å². The van der Waals surface area contributed by atoms with E-state index in [-0.39, 0.29) is 0 Å². The standard InChI is InChI=1S/C12H25NO3/c1-15-8-12(14)9-16-7-11-5-3-2-4-10(11)6-13/h10-12,14H,2-9,13H2,1H3. The molecule has 1 aliphatic carbocycles. The van der Waals surface area contributed by atoms with Gasteiger partial charge in [0.15, 0.2) is 0 Å². The second kappa shape index (κ2) is 8.01. The van der Waals surface area contributed by atoms with Crippen LogP contribution in [0.25, 0.3) is 0 Å². The molecule has 0 aliphatic heterocycles. The molecule has 1 rings (SSSR count). The molecule has 3 unspecified atom stereocenters. The van der Waals surface area contributed by atoms with Crippen molar-refractivity contribution in [2.24, 2.45) is 17.6 Å². The number of ether oxygens (including phenoxy) is 2. The van der Waals surface area contributed by atoms with Crippen LogP contribution in [0.15, 0.2) is 0 Å². The summed E-state index contributed by atoms with van der Waals surface area (Å²) in [6.07, 6.45) is 4.51. The topological polar surface area (TPSA) is 64.7 Å². The average Bonchev–Trinajstić information content (AvgIpc) is 2.30. The molecule has 4 heteroatoms. The smallest absolute Gasteiger partial charge is 0.101 e. The van der Waals surface area contributed by atoms with Crippen LogP contribution in [0, 0.1) is 11.8 Å². The van der Waals surface area contributed by atoms with Gasteiger partial charge >= 0.3 is 0 Å². The van der Waals surface area contributed by atoms with Crippen molar-refractivity contribution < 1.29 is 14.6 Å². The van der Waals surface area contributed by atoms with E-state index in [0.717, 1.165) is 13.2 Å². The van der Waals surface area contributed by atoms with Gasteiger partial charge < -0.3 is 20.3 Å². The third-order valence-electron chi connectivity index (χ3n) is 3.37. The van der Waals surface area contributed by atoms with E-state index in [2.05, 4.69) is 0 Å². The van der Waals surface area contributed by atoms with Crippen molar-refractivity contribution >= 4 is 0 Å². The quantitative estimate of drug-likeness (QED) is 0.679. The SMILES string of the molecule is COCC(O)COCC1CCCCC1CN. The van der Waals surface area contributed by atoms with Crippen LogP contribution in [0.4, 0.5) is 0 Å². The Balaban J connectivity index is 2.15. The van der Waals surface area contributed by atoms with Crippen molar-refractivity contribution in [1.29, 1.82) is 0 Å². The maximum atomic E-state index is 9.43. The Morgan fingerprint density at radius 2 is 1.94 bits per heavy atom. The molecule has 0 spiro atoms. The molecule has 0 aromatic heterocycles. The molecule has 0 radical (unpaired) electrons. The van der Waals surface area contributed by atoms with E-state index in [4.69, 9.17) is 15.2 Å². The first-order valence-electron chi connectivity index (χ1n) is 6.22. The third-order valence-corrected chi connectivity index (χ3v) is 3.37. The summed E-state index contributed by atoms with van der Waals surface area (Å²) >= 11 is 0. The van der Waals surface area contributed by atoms with Gasteiger partial charge in [-0.2, -0.15) is 0 Å². The van der Waals surface area contributed by atoms with Crippen LogP contribution < -0.4 is 5.73 Å². The molecule has 0 aromatic carbocycles. The molecule has 0 bridgehead atoms. The number of hydrogen-bond acceptors (Lipinski definition) is 4. The highest BCUT2D eigenvalue weighted by atomic mass is 16.5. The summed E-state index contributed by atoms with van der Waals surface area (Å²) in [6.45, 7) is 2.18. The van der Waals surface area contributed by atoms with Gasteiger partial charge in [-0.25, -0.2) is 0 Å². The van der Waals surface area contributed by atoms with Crippen LogP contribution in [0.5, 0.6) is 0 Å². The zero-order valence-electron chi connectivity index (χ0n) is 10.2. The lowest BCUT2D eigenvalue weighted by Gasteiger charge is -2.30. The van der Waals surface area contributed by atoms with Gasteiger partial charge in [-0.1, -0.05) is 12.8 Å². The zero-order valence-corrected chi connectivity index (χ0v) is 10.2. The molecule has 0 heterocycles. The van der Waals surface area contributed by atoms with E-state index >= 15 is 0 Å². The van der Waals surface area contributed by atoms with Gasteiger partial charge in [0.25, 0.3) is 0 Å². The summed E-state index contributed by atoms with van der Waals surface area (Å²) in [7, 11) is 1.58. The van der Waals surface area contributed by atoms with Gasteiger partial charge in [0.05, 0.1) is 13.2 Å². The van der Waals surface area contributed by atoms with Gasteiger partial charge in [0.2, 0.25) is 0 Å². The minimum Gasteiger partial charge on any atom is -0.388 e. The first-order valence-corrected chi connectivity index (χ1v) is 6.22. The van der Waals surface area contributed by atoms with Crippen LogP contribution >= 0.6 is 0 Å². The second-order valence-electron chi connectivity index (χ2n) is 4.69. The number of rotatable bonds is 7. The maximum absolute atomic E-state index is 9.43. The molecule has 96 valence electrons. The minimum atomic E-state index is -0.509. The average molecular weight is 231 g/mol. The van der Waals surface area contributed by atoms with Gasteiger partial charge in [-0.3, -0.25) is 0 Å². The zero-order chi connectivity index (χ0) is 11.8. The van der Waals surface area contributed by atoms with Crippen LogP contribution in [-0.2, 0) is 9.47 Å². The third kappa shape index (κ3) is 4.78. The van der Waals surface area contributed by atoms with Gasteiger partial charge in [0, 0.05) is 13.7 Å². The minimum absolute atomic E-state index is 0.338. The summed E-state index contributed by atoms with van der Waals surface area (Å²) in [4.78, 5) is 0. The molecule has 1 saturated carbocycles. The molecule has 0 amide bonds. The molecule has 0 aromatic rings. The first-order chi connectivity index (χ1) is 7.77. The normalized spacial score (nSPS) is 27.9. The fourth-order valence-electron chi connectivity index (χ4n) is 2.41. The Bertz CT molecular complexity index is 178. The van der Waals surface area contributed by atoms with Gasteiger partial charge in [-0.05, 0) is 31.2 Å². The van der Waals surface area contributed by atoms with Crippen LogP contribution in [0.2, 0.25) is 0 Å².